The fourth-order valence-electron chi connectivity index (χ4n) is 3.41. The Labute approximate surface area is 187 Å². The Kier molecular flexibility index (Phi) is 5.84. The Morgan fingerprint density at radius 2 is 1.58 bits per heavy atom. The second kappa shape index (κ2) is 8.56. The third-order valence-corrected chi connectivity index (χ3v) is 5.70. The van der Waals surface area contributed by atoms with E-state index in [1.165, 1.54) is 11.1 Å². The SMILES string of the molecule is CC(C)c1ccc(C(=O)Nc2ccc(Cl)c(-c3nc4cc(C(C)C)ccc4o3)c2)cc1. The Morgan fingerprint density at radius 1 is 0.903 bits per heavy atom. The molecule has 1 amide bonds. The number of nitrogens with zero attached hydrogens (tertiary/aromatic N) is 1. The number of anilines is 1. The summed E-state index contributed by atoms with van der Waals surface area (Å²) in [6, 6.07) is 19.0. The van der Waals surface area contributed by atoms with Crippen LogP contribution in [0.25, 0.3) is 22.6 Å². The van der Waals surface area contributed by atoms with Crippen molar-refractivity contribution in [3.63, 3.8) is 0 Å². The van der Waals surface area contributed by atoms with Crippen LogP contribution in [0.15, 0.2) is 65.1 Å². The van der Waals surface area contributed by atoms with Gasteiger partial charge in [-0.05, 0) is 65.4 Å². The summed E-state index contributed by atoms with van der Waals surface area (Å²) in [4.78, 5) is 17.3. The molecule has 4 nitrogen and oxygen atoms in total. The Hall–Kier alpha value is -3.11. The van der Waals surface area contributed by atoms with Gasteiger partial charge in [0, 0.05) is 11.3 Å². The molecule has 0 saturated heterocycles. The molecule has 0 aliphatic heterocycles. The van der Waals surface area contributed by atoms with Crippen LogP contribution >= 0.6 is 11.6 Å². The molecule has 158 valence electrons. The van der Waals surface area contributed by atoms with Crippen molar-refractivity contribution in [2.75, 3.05) is 5.32 Å². The van der Waals surface area contributed by atoms with Crippen molar-refractivity contribution in [3.05, 3.63) is 82.4 Å². The molecule has 3 aromatic carbocycles. The molecule has 1 N–H and O–H groups in total. The van der Waals surface area contributed by atoms with E-state index in [0.717, 1.165) is 5.52 Å². The van der Waals surface area contributed by atoms with Gasteiger partial charge in [0.05, 0.1) is 10.6 Å². The van der Waals surface area contributed by atoms with Crippen molar-refractivity contribution < 1.29 is 9.21 Å². The third kappa shape index (κ3) is 4.49. The average molecular weight is 433 g/mol. The highest BCUT2D eigenvalue weighted by Crippen LogP contribution is 2.33. The molecule has 5 heteroatoms. The van der Waals surface area contributed by atoms with E-state index in [1.54, 1.807) is 18.2 Å². The molecule has 0 spiro atoms. The molecule has 4 rings (SSSR count). The van der Waals surface area contributed by atoms with Crippen LogP contribution in [0.2, 0.25) is 5.02 Å². The quantitative estimate of drug-likeness (QED) is 0.352. The summed E-state index contributed by atoms with van der Waals surface area (Å²) in [7, 11) is 0. The van der Waals surface area contributed by atoms with Crippen LogP contribution in [0.5, 0.6) is 0 Å². The molecule has 0 aliphatic rings. The highest BCUT2D eigenvalue weighted by molar-refractivity contribution is 6.33. The van der Waals surface area contributed by atoms with E-state index in [0.29, 0.717) is 45.1 Å². The summed E-state index contributed by atoms with van der Waals surface area (Å²) in [6.07, 6.45) is 0. The normalized spacial score (nSPS) is 11.5. The molecule has 0 aliphatic carbocycles. The molecule has 31 heavy (non-hydrogen) atoms. The van der Waals surface area contributed by atoms with Crippen LogP contribution in [0, 0.1) is 0 Å². The molecular weight excluding hydrogens is 408 g/mol. The predicted octanol–water partition coefficient (Wildman–Crippen LogP) is 7.65. The number of rotatable bonds is 5. The van der Waals surface area contributed by atoms with Crippen molar-refractivity contribution in [1.29, 1.82) is 0 Å². The maximum Gasteiger partial charge on any atom is 0.255 e. The van der Waals surface area contributed by atoms with Crippen LogP contribution in [-0.4, -0.2) is 10.9 Å². The van der Waals surface area contributed by atoms with Crippen LogP contribution in [-0.2, 0) is 0 Å². The minimum Gasteiger partial charge on any atom is -0.436 e. The van der Waals surface area contributed by atoms with Crippen LogP contribution in [0.3, 0.4) is 0 Å². The maximum absolute atomic E-state index is 12.7. The number of carbonyl (C=O) groups is 1. The van der Waals surface area contributed by atoms with E-state index in [-0.39, 0.29) is 5.91 Å². The summed E-state index contributed by atoms with van der Waals surface area (Å²) < 4.78 is 5.94. The molecule has 0 fully saturated rings. The van der Waals surface area contributed by atoms with Gasteiger partial charge in [-0.25, -0.2) is 4.98 Å². The van der Waals surface area contributed by atoms with Gasteiger partial charge in [0.25, 0.3) is 5.91 Å². The number of oxazole rings is 1. The third-order valence-electron chi connectivity index (χ3n) is 5.37. The molecule has 0 saturated carbocycles. The Balaban J connectivity index is 1.61. The lowest BCUT2D eigenvalue weighted by atomic mass is 10.0. The Bertz CT molecular complexity index is 1240. The van der Waals surface area contributed by atoms with E-state index in [2.05, 4.69) is 38.0 Å². The van der Waals surface area contributed by atoms with Gasteiger partial charge in [-0.2, -0.15) is 0 Å². The highest BCUT2D eigenvalue weighted by atomic mass is 35.5. The summed E-state index contributed by atoms with van der Waals surface area (Å²) in [5, 5.41) is 3.44. The first-order valence-corrected chi connectivity index (χ1v) is 10.8. The lowest BCUT2D eigenvalue weighted by Crippen LogP contribution is -2.12. The summed E-state index contributed by atoms with van der Waals surface area (Å²) >= 11 is 6.43. The Morgan fingerprint density at radius 3 is 2.26 bits per heavy atom. The zero-order valence-electron chi connectivity index (χ0n) is 18.1. The first-order chi connectivity index (χ1) is 14.8. The van der Waals surface area contributed by atoms with Gasteiger partial charge in [0.1, 0.15) is 5.52 Å². The smallest absolute Gasteiger partial charge is 0.255 e. The van der Waals surface area contributed by atoms with Crippen molar-refractivity contribution in [2.45, 2.75) is 39.5 Å². The topological polar surface area (TPSA) is 55.1 Å². The first-order valence-electron chi connectivity index (χ1n) is 10.4. The molecule has 1 heterocycles. The van der Waals surface area contributed by atoms with Crippen molar-refractivity contribution in [3.8, 4) is 11.5 Å². The first kappa shape index (κ1) is 21.1. The second-order valence-electron chi connectivity index (χ2n) is 8.33. The minimum absolute atomic E-state index is 0.178. The van der Waals surface area contributed by atoms with Gasteiger partial charge in [-0.15, -0.1) is 0 Å². The fraction of sp³-hybridized carbons (Fsp3) is 0.231. The predicted molar refractivity (Wildman–Crippen MR) is 127 cm³/mol. The van der Waals surface area contributed by atoms with E-state index < -0.39 is 0 Å². The number of aromatic nitrogens is 1. The van der Waals surface area contributed by atoms with Crippen molar-refractivity contribution in [2.24, 2.45) is 0 Å². The molecule has 4 aromatic rings. The lowest BCUT2D eigenvalue weighted by molar-refractivity contribution is 0.102. The number of hydrogen-bond acceptors (Lipinski definition) is 3. The summed E-state index contributed by atoms with van der Waals surface area (Å²) in [5.74, 6) is 1.08. The largest absolute Gasteiger partial charge is 0.436 e. The van der Waals surface area contributed by atoms with Crippen LogP contribution < -0.4 is 5.32 Å². The van der Waals surface area contributed by atoms with Crippen LogP contribution in [0.1, 0.15) is 61.0 Å². The number of carbonyl (C=O) groups excluding carboxylic acids is 1. The highest BCUT2D eigenvalue weighted by Gasteiger charge is 2.15. The number of benzene rings is 3. The number of halogens is 1. The average Bonchev–Trinajstić information content (AvgIpc) is 3.18. The minimum atomic E-state index is -0.178. The van der Waals surface area contributed by atoms with Crippen molar-refractivity contribution >= 4 is 34.3 Å². The van der Waals surface area contributed by atoms with E-state index in [4.69, 9.17) is 16.0 Å². The molecule has 0 bridgehead atoms. The molecule has 0 atom stereocenters. The van der Waals surface area contributed by atoms with Gasteiger partial charge in [0.2, 0.25) is 5.89 Å². The standard InChI is InChI=1S/C26H25ClN2O2/c1-15(2)17-5-7-18(8-6-17)25(30)28-20-10-11-22(27)21(14-20)26-29-23-13-19(16(3)4)9-12-24(23)31-26/h5-16H,1-4H3,(H,28,30). The number of amides is 1. The van der Waals surface area contributed by atoms with Gasteiger partial charge in [0.15, 0.2) is 5.58 Å². The summed E-state index contributed by atoms with van der Waals surface area (Å²) in [5.41, 5.74) is 5.75. The van der Waals surface area contributed by atoms with Crippen molar-refractivity contribution in [1.82, 2.24) is 4.98 Å². The van der Waals surface area contributed by atoms with Gasteiger partial charge in [-0.3, -0.25) is 4.79 Å². The zero-order valence-corrected chi connectivity index (χ0v) is 18.8. The lowest BCUT2D eigenvalue weighted by Gasteiger charge is -2.09. The number of fused-ring (bicyclic) bond motifs is 1. The molecule has 0 unspecified atom stereocenters. The molecule has 0 radical (unpaired) electrons. The monoisotopic (exact) mass is 432 g/mol. The van der Waals surface area contributed by atoms with Gasteiger partial charge < -0.3 is 9.73 Å². The zero-order chi connectivity index (χ0) is 22.1. The fourth-order valence-corrected chi connectivity index (χ4v) is 3.61. The second-order valence-corrected chi connectivity index (χ2v) is 8.73. The number of hydrogen-bond donors (Lipinski definition) is 1. The van der Waals surface area contributed by atoms with E-state index in [9.17, 15) is 4.79 Å². The van der Waals surface area contributed by atoms with Gasteiger partial charge in [-0.1, -0.05) is 57.5 Å². The number of nitrogens with one attached hydrogen (secondary N) is 1. The van der Waals surface area contributed by atoms with Crippen LogP contribution in [0.4, 0.5) is 5.69 Å². The maximum atomic E-state index is 12.7. The molecule has 1 aromatic heterocycles. The van der Waals surface area contributed by atoms with E-state index in [1.807, 2.05) is 42.5 Å². The van der Waals surface area contributed by atoms with Gasteiger partial charge >= 0.3 is 0 Å². The van der Waals surface area contributed by atoms with E-state index >= 15 is 0 Å². The molecular formula is C26H25ClN2O2. The summed E-state index contributed by atoms with van der Waals surface area (Å²) in [6.45, 7) is 8.53.